The lowest BCUT2D eigenvalue weighted by atomic mass is 10.2. The van der Waals surface area contributed by atoms with Gasteiger partial charge in [0.25, 0.3) is 0 Å². The molecule has 2 aromatic carbocycles. The van der Waals surface area contributed by atoms with E-state index in [-0.39, 0.29) is 5.75 Å². The van der Waals surface area contributed by atoms with Crippen LogP contribution in [0.25, 0.3) is 0 Å². The van der Waals surface area contributed by atoms with Gasteiger partial charge in [-0.05, 0) is 49.7 Å². The molecule has 1 N–H and O–H groups in total. The van der Waals surface area contributed by atoms with Crippen LogP contribution in [0.5, 0.6) is 17.2 Å². The minimum atomic E-state index is 0.153. The van der Waals surface area contributed by atoms with Crippen molar-refractivity contribution in [3.8, 4) is 17.2 Å². The number of ether oxygens (including phenoxy) is 2. The van der Waals surface area contributed by atoms with Crippen LogP contribution in [-0.4, -0.2) is 24.5 Å². The van der Waals surface area contributed by atoms with Gasteiger partial charge in [-0.3, -0.25) is 4.99 Å². The van der Waals surface area contributed by atoms with Gasteiger partial charge in [0.1, 0.15) is 5.75 Å². The molecule has 23 heavy (non-hydrogen) atoms. The zero-order valence-corrected chi connectivity index (χ0v) is 14.0. The quantitative estimate of drug-likeness (QED) is 0.761. The maximum atomic E-state index is 9.76. The van der Waals surface area contributed by atoms with Crippen LogP contribution in [0.4, 0.5) is 0 Å². The summed E-state index contributed by atoms with van der Waals surface area (Å²) in [5, 5.41) is 10.3. The molecule has 0 aromatic heterocycles. The second kappa shape index (κ2) is 8.44. The Morgan fingerprint density at radius 1 is 1.04 bits per heavy atom. The molecule has 0 unspecified atom stereocenters. The molecule has 0 amide bonds. The highest BCUT2D eigenvalue weighted by Gasteiger charge is 2.06. The molecule has 0 radical (unpaired) electrons. The van der Waals surface area contributed by atoms with Gasteiger partial charge in [0.2, 0.25) is 0 Å². The number of phenols is 1. The average molecular weight is 334 g/mol. The molecule has 122 valence electrons. The molecular formula is C18H20ClNO3. The smallest absolute Gasteiger partial charge is 0.161 e. The number of hydrogen-bond acceptors (Lipinski definition) is 4. The first-order valence-electron chi connectivity index (χ1n) is 7.51. The Balaban J connectivity index is 2.12. The molecule has 0 atom stereocenters. The van der Waals surface area contributed by atoms with E-state index in [4.69, 9.17) is 21.1 Å². The van der Waals surface area contributed by atoms with E-state index in [1.165, 1.54) is 0 Å². The standard InChI is InChI=1S/C18H20ClNO3/c1-3-22-17-8-5-13(9-18(17)23-4-2)11-20-12-14-10-15(19)6-7-16(14)21/h5-10,12,21H,3-4,11H2,1-2H3. The lowest BCUT2D eigenvalue weighted by Crippen LogP contribution is -1.99. The number of aliphatic imine (C=N–C) groups is 1. The van der Waals surface area contributed by atoms with Crippen LogP contribution in [0, 0.1) is 0 Å². The first-order chi connectivity index (χ1) is 11.1. The van der Waals surface area contributed by atoms with Crippen LogP contribution in [-0.2, 0) is 6.54 Å². The van der Waals surface area contributed by atoms with E-state index in [1.807, 2.05) is 32.0 Å². The molecule has 0 aliphatic heterocycles. The predicted molar refractivity (Wildman–Crippen MR) is 93.2 cm³/mol. The summed E-state index contributed by atoms with van der Waals surface area (Å²) in [4.78, 5) is 4.35. The number of nitrogens with zero attached hydrogens (tertiary/aromatic N) is 1. The fourth-order valence-electron chi connectivity index (χ4n) is 2.07. The van der Waals surface area contributed by atoms with Crippen LogP contribution in [0.3, 0.4) is 0 Å². The fraction of sp³-hybridized carbons (Fsp3) is 0.278. The topological polar surface area (TPSA) is 51.0 Å². The first-order valence-corrected chi connectivity index (χ1v) is 7.88. The Morgan fingerprint density at radius 3 is 2.52 bits per heavy atom. The molecule has 4 nitrogen and oxygen atoms in total. The highest BCUT2D eigenvalue weighted by Crippen LogP contribution is 2.29. The number of phenolic OH excluding ortho intramolecular Hbond substituents is 1. The van der Waals surface area contributed by atoms with E-state index in [2.05, 4.69) is 4.99 Å². The van der Waals surface area contributed by atoms with Gasteiger partial charge in [0, 0.05) is 16.8 Å². The van der Waals surface area contributed by atoms with Crippen LogP contribution in [0.1, 0.15) is 25.0 Å². The third-order valence-electron chi connectivity index (χ3n) is 3.10. The molecule has 0 fully saturated rings. The highest BCUT2D eigenvalue weighted by atomic mass is 35.5. The maximum absolute atomic E-state index is 9.76. The van der Waals surface area contributed by atoms with Crippen molar-refractivity contribution in [3.05, 3.63) is 52.5 Å². The van der Waals surface area contributed by atoms with E-state index in [9.17, 15) is 5.11 Å². The Hall–Kier alpha value is -2.20. The second-order valence-corrected chi connectivity index (χ2v) is 5.26. The largest absolute Gasteiger partial charge is 0.507 e. The van der Waals surface area contributed by atoms with Crippen LogP contribution in [0.15, 0.2) is 41.4 Å². The molecule has 0 saturated carbocycles. The number of hydrogen-bond donors (Lipinski definition) is 1. The molecule has 2 rings (SSSR count). The Kier molecular flexibility index (Phi) is 6.29. The Morgan fingerprint density at radius 2 is 1.78 bits per heavy atom. The minimum absolute atomic E-state index is 0.153. The predicted octanol–water partition coefficient (Wildman–Crippen LogP) is 4.46. The molecular weight excluding hydrogens is 314 g/mol. The number of benzene rings is 2. The van der Waals surface area contributed by atoms with Gasteiger partial charge in [-0.1, -0.05) is 17.7 Å². The van der Waals surface area contributed by atoms with Crippen molar-refractivity contribution >= 4 is 17.8 Å². The first kappa shape index (κ1) is 17.2. The van der Waals surface area contributed by atoms with Crippen molar-refractivity contribution in [1.29, 1.82) is 0 Å². The zero-order valence-electron chi connectivity index (χ0n) is 13.3. The average Bonchev–Trinajstić information content (AvgIpc) is 2.53. The van der Waals surface area contributed by atoms with Gasteiger partial charge >= 0.3 is 0 Å². The Bertz CT molecular complexity index is 686. The molecule has 0 bridgehead atoms. The number of halogens is 1. The van der Waals surface area contributed by atoms with Crippen LogP contribution >= 0.6 is 11.6 Å². The molecule has 2 aromatic rings. The van der Waals surface area contributed by atoms with Crippen molar-refractivity contribution in [2.45, 2.75) is 20.4 Å². The third-order valence-corrected chi connectivity index (χ3v) is 3.34. The van der Waals surface area contributed by atoms with Gasteiger partial charge in [-0.2, -0.15) is 0 Å². The van der Waals surface area contributed by atoms with E-state index in [0.717, 1.165) is 11.3 Å². The van der Waals surface area contributed by atoms with E-state index >= 15 is 0 Å². The summed E-state index contributed by atoms with van der Waals surface area (Å²) in [7, 11) is 0. The van der Waals surface area contributed by atoms with Crippen molar-refractivity contribution < 1.29 is 14.6 Å². The third kappa shape index (κ3) is 4.89. The number of aromatic hydroxyl groups is 1. The summed E-state index contributed by atoms with van der Waals surface area (Å²) >= 11 is 5.91. The monoisotopic (exact) mass is 333 g/mol. The summed E-state index contributed by atoms with van der Waals surface area (Å²) in [6.07, 6.45) is 1.61. The summed E-state index contributed by atoms with van der Waals surface area (Å²) in [6, 6.07) is 10.6. The summed E-state index contributed by atoms with van der Waals surface area (Å²) in [5.41, 5.74) is 1.59. The molecule has 0 heterocycles. The fourth-order valence-corrected chi connectivity index (χ4v) is 2.25. The van der Waals surface area contributed by atoms with Crippen molar-refractivity contribution in [1.82, 2.24) is 0 Å². The van der Waals surface area contributed by atoms with E-state index in [0.29, 0.717) is 36.1 Å². The highest BCUT2D eigenvalue weighted by molar-refractivity contribution is 6.30. The van der Waals surface area contributed by atoms with Crippen molar-refractivity contribution in [3.63, 3.8) is 0 Å². The maximum Gasteiger partial charge on any atom is 0.161 e. The second-order valence-electron chi connectivity index (χ2n) is 4.82. The number of rotatable bonds is 7. The SMILES string of the molecule is CCOc1ccc(CN=Cc2cc(Cl)ccc2O)cc1OCC. The molecule has 5 heteroatoms. The van der Waals surface area contributed by atoms with E-state index < -0.39 is 0 Å². The van der Waals surface area contributed by atoms with Gasteiger partial charge in [0.05, 0.1) is 19.8 Å². The van der Waals surface area contributed by atoms with Gasteiger partial charge < -0.3 is 14.6 Å². The van der Waals surface area contributed by atoms with Crippen molar-refractivity contribution in [2.24, 2.45) is 4.99 Å². The normalized spacial score (nSPS) is 10.9. The van der Waals surface area contributed by atoms with Crippen molar-refractivity contribution in [2.75, 3.05) is 13.2 Å². The molecule has 0 saturated heterocycles. The lowest BCUT2D eigenvalue weighted by Gasteiger charge is -2.11. The van der Waals surface area contributed by atoms with E-state index in [1.54, 1.807) is 24.4 Å². The summed E-state index contributed by atoms with van der Waals surface area (Å²) < 4.78 is 11.1. The lowest BCUT2D eigenvalue weighted by molar-refractivity contribution is 0.287. The van der Waals surface area contributed by atoms with Gasteiger partial charge in [-0.25, -0.2) is 0 Å². The minimum Gasteiger partial charge on any atom is -0.507 e. The summed E-state index contributed by atoms with van der Waals surface area (Å²) in [5.74, 6) is 1.60. The Labute approximate surface area is 141 Å². The van der Waals surface area contributed by atoms with Crippen LogP contribution < -0.4 is 9.47 Å². The van der Waals surface area contributed by atoms with Gasteiger partial charge in [0.15, 0.2) is 11.5 Å². The zero-order chi connectivity index (χ0) is 16.7. The molecule has 0 spiro atoms. The molecule has 0 aliphatic rings. The molecule has 0 aliphatic carbocycles. The van der Waals surface area contributed by atoms with Crippen LogP contribution in [0.2, 0.25) is 5.02 Å². The van der Waals surface area contributed by atoms with Gasteiger partial charge in [-0.15, -0.1) is 0 Å². The summed E-state index contributed by atoms with van der Waals surface area (Å²) in [6.45, 7) is 5.50.